The molecule has 5 nitrogen and oxygen atoms in total. The number of amides is 1. The Bertz CT molecular complexity index is 459. The van der Waals surface area contributed by atoms with E-state index in [-0.39, 0.29) is 12.0 Å². The van der Waals surface area contributed by atoms with E-state index in [2.05, 4.69) is 10.3 Å². The van der Waals surface area contributed by atoms with Crippen LogP contribution in [0.3, 0.4) is 0 Å². The van der Waals surface area contributed by atoms with Crippen LogP contribution in [0.15, 0.2) is 12.1 Å². The van der Waals surface area contributed by atoms with Gasteiger partial charge in [-0.15, -0.1) is 0 Å². The molecular weight excluding hydrogens is 266 g/mol. The van der Waals surface area contributed by atoms with Crippen LogP contribution in [0.5, 0.6) is 0 Å². The van der Waals surface area contributed by atoms with Crippen molar-refractivity contribution in [3.8, 4) is 0 Å². The van der Waals surface area contributed by atoms with Crippen molar-refractivity contribution in [1.29, 1.82) is 0 Å². The van der Waals surface area contributed by atoms with Crippen molar-refractivity contribution in [1.82, 2.24) is 10.3 Å². The Hall–Kier alpha value is -1.33. The van der Waals surface area contributed by atoms with Crippen LogP contribution in [-0.4, -0.2) is 44.2 Å². The summed E-state index contributed by atoms with van der Waals surface area (Å²) in [7, 11) is 3.71. The van der Waals surface area contributed by atoms with Gasteiger partial charge in [0, 0.05) is 32.8 Å². The number of rotatable bonds is 4. The molecule has 1 aromatic rings. The number of carbonyl (C=O) groups excluding carboxylic acids is 1. The van der Waals surface area contributed by atoms with E-state index in [1.165, 1.54) is 0 Å². The molecule has 0 spiro atoms. The number of anilines is 1. The molecule has 0 aliphatic carbocycles. The van der Waals surface area contributed by atoms with Crippen molar-refractivity contribution in [2.75, 3.05) is 32.1 Å². The minimum Gasteiger partial charge on any atom is -0.376 e. The molecule has 0 aromatic carbocycles. The number of carbonyl (C=O) groups is 1. The molecule has 1 aliphatic rings. The van der Waals surface area contributed by atoms with Gasteiger partial charge < -0.3 is 15.0 Å². The van der Waals surface area contributed by atoms with Crippen LogP contribution in [0.25, 0.3) is 0 Å². The minimum absolute atomic E-state index is 0.134. The predicted octanol–water partition coefficient (Wildman–Crippen LogP) is 1.71. The second-order valence-electron chi connectivity index (χ2n) is 4.78. The van der Waals surface area contributed by atoms with Gasteiger partial charge in [-0.2, -0.15) is 0 Å². The lowest BCUT2D eigenvalue weighted by Crippen LogP contribution is -2.31. The summed E-state index contributed by atoms with van der Waals surface area (Å²) in [4.78, 5) is 18.0. The SMILES string of the molecule is CN(C)c1cc(C(=O)NCC2CCCO2)cc(Cl)n1. The van der Waals surface area contributed by atoms with Gasteiger partial charge in [0.2, 0.25) is 0 Å². The van der Waals surface area contributed by atoms with Crippen LogP contribution >= 0.6 is 11.6 Å². The molecule has 1 N–H and O–H groups in total. The molecule has 0 radical (unpaired) electrons. The van der Waals surface area contributed by atoms with Gasteiger partial charge in [0.25, 0.3) is 5.91 Å². The van der Waals surface area contributed by atoms with Crippen molar-refractivity contribution in [2.24, 2.45) is 0 Å². The molecular formula is C13H18ClN3O2. The second kappa shape index (κ2) is 6.21. The highest BCUT2D eigenvalue weighted by molar-refractivity contribution is 6.29. The Morgan fingerprint density at radius 3 is 3.00 bits per heavy atom. The van der Waals surface area contributed by atoms with E-state index in [0.717, 1.165) is 19.4 Å². The third-order valence-electron chi connectivity index (χ3n) is 3.02. The zero-order valence-corrected chi connectivity index (χ0v) is 11.9. The third-order valence-corrected chi connectivity index (χ3v) is 3.21. The van der Waals surface area contributed by atoms with Crippen LogP contribution < -0.4 is 10.2 Å². The van der Waals surface area contributed by atoms with Gasteiger partial charge in [0.15, 0.2) is 0 Å². The van der Waals surface area contributed by atoms with Crippen molar-refractivity contribution in [3.05, 3.63) is 22.8 Å². The van der Waals surface area contributed by atoms with Crippen molar-refractivity contribution in [2.45, 2.75) is 18.9 Å². The average Bonchev–Trinajstić information content (AvgIpc) is 2.88. The molecule has 2 heterocycles. The second-order valence-corrected chi connectivity index (χ2v) is 5.16. The van der Waals surface area contributed by atoms with E-state index < -0.39 is 0 Å². The van der Waals surface area contributed by atoms with Crippen LogP contribution in [0.1, 0.15) is 23.2 Å². The Labute approximate surface area is 117 Å². The molecule has 0 saturated carbocycles. The number of halogens is 1. The highest BCUT2D eigenvalue weighted by Crippen LogP contribution is 2.17. The highest BCUT2D eigenvalue weighted by Gasteiger charge is 2.17. The first-order valence-corrected chi connectivity index (χ1v) is 6.69. The zero-order chi connectivity index (χ0) is 13.8. The van der Waals surface area contributed by atoms with Crippen molar-refractivity contribution < 1.29 is 9.53 Å². The fourth-order valence-corrected chi connectivity index (χ4v) is 2.16. The Balaban J connectivity index is 2.01. The first kappa shape index (κ1) is 14.1. The number of pyridine rings is 1. The zero-order valence-electron chi connectivity index (χ0n) is 11.1. The van der Waals surface area contributed by atoms with E-state index in [1.807, 2.05) is 19.0 Å². The summed E-state index contributed by atoms with van der Waals surface area (Å²) in [5.74, 6) is 0.512. The van der Waals surface area contributed by atoms with E-state index in [9.17, 15) is 4.79 Å². The van der Waals surface area contributed by atoms with Gasteiger partial charge in [-0.3, -0.25) is 4.79 Å². The predicted molar refractivity (Wildman–Crippen MR) is 74.9 cm³/mol. The number of ether oxygens (including phenoxy) is 1. The summed E-state index contributed by atoms with van der Waals surface area (Å²) in [5, 5.41) is 3.18. The van der Waals surface area contributed by atoms with Gasteiger partial charge in [0.05, 0.1) is 6.10 Å². The smallest absolute Gasteiger partial charge is 0.251 e. The molecule has 1 aliphatic heterocycles. The van der Waals surface area contributed by atoms with E-state index in [0.29, 0.717) is 23.1 Å². The summed E-state index contributed by atoms with van der Waals surface area (Å²) in [5.41, 5.74) is 0.515. The number of nitrogens with one attached hydrogen (secondary N) is 1. The number of nitrogens with zero attached hydrogens (tertiary/aromatic N) is 2. The van der Waals surface area contributed by atoms with Crippen LogP contribution in [0, 0.1) is 0 Å². The van der Waals surface area contributed by atoms with Crippen LogP contribution in [-0.2, 0) is 4.74 Å². The lowest BCUT2D eigenvalue weighted by molar-refractivity contribution is 0.0857. The molecule has 1 atom stereocenters. The molecule has 2 rings (SSSR count). The molecule has 6 heteroatoms. The van der Waals surface area contributed by atoms with E-state index in [1.54, 1.807) is 12.1 Å². The number of hydrogen-bond acceptors (Lipinski definition) is 4. The Morgan fingerprint density at radius 2 is 2.37 bits per heavy atom. The summed E-state index contributed by atoms with van der Waals surface area (Å²) < 4.78 is 5.46. The molecule has 0 bridgehead atoms. The topological polar surface area (TPSA) is 54.5 Å². The first-order chi connectivity index (χ1) is 9.06. The molecule has 104 valence electrons. The van der Waals surface area contributed by atoms with Crippen LogP contribution in [0.2, 0.25) is 5.15 Å². The number of aromatic nitrogens is 1. The van der Waals surface area contributed by atoms with Gasteiger partial charge in [-0.25, -0.2) is 4.98 Å². The summed E-state index contributed by atoms with van der Waals surface area (Å²) in [6.07, 6.45) is 2.20. The average molecular weight is 284 g/mol. The fraction of sp³-hybridized carbons (Fsp3) is 0.538. The normalized spacial score (nSPS) is 18.4. The Kier molecular flexibility index (Phi) is 4.61. The van der Waals surface area contributed by atoms with Gasteiger partial charge in [-0.05, 0) is 25.0 Å². The molecule has 1 unspecified atom stereocenters. The maximum atomic E-state index is 12.1. The Morgan fingerprint density at radius 1 is 1.58 bits per heavy atom. The van der Waals surface area contributed by atoms with Gasteiger partial charge in [0.1, 0.15) is 11.0 Å². The summed E-state index contributed by atoms with van der Waals surface area (Å²) in [6.45, 7) is 1.32. The molecule has 1 aromatic heterocycles. The largest absolute Gasteiger partial charge is 0.376 e. The monoisotopic (exact) mass is 283 g/mol. The van der Waals surface area contributed by atoms with Crippen molar-refractivity contribution >= 4 is 23.3 Å². The standard InChI is InChI=1S/C13H18ClN3O2/c1-17(2)12-7-9(6-11(14)16-12)13(18)15-8-10-4-3-5-19-10/h6-7,10H,3-5,8H2,1-2H3,(H,15,18). The lowest BCUT2D eigenvalue weighted by Gasteiger charge is -2.14. The van der Waals surface area contributed by atoms with Crippen LogP contribution in [0.4, 0.5) is 5.82 Å². The first-order valence-electron chi connectivity index (χ1n) is 6.31. The molecule has 1 fully saturated rings. The maximum absolute atomic E-state index is 12.1. The molecule has 1 amide bonds. The number of hydrogen-bond donors (Lipinski definition) is 1. The van der Waals surface area contributed by atoms with E-state index >= 15 is 0 Å². The lowest BCUT2D eigenvalue weighted by atomic mass is 10.2. The molecule has 19 heavy (non-hydrogen) atoms. The summed E-state index contributed by atoms with van der Waals surface area (Å²) >= 11 is 5.92. The maximum Gasteiger partial charge on any atom is 0.251 e. The van der Waals surface area contributed by atoms with Gasteiger partial charge in [-0.1, -0.05) is 11.6 Å². The van der Waals surface area contributed by atoms with Crippen molar-refractivity contribution in [3.63, 3.8) is 0 Å². The summed E-state index contributed by atoms with van der Waals surface area (Å²) in [6, 6.07) is 3.29. The molecule has 1 saturated heterocycles. The highest BCUT2D eigenvalue weighted by atomic mass is 35.5. The van der Waals surface area contributed by atoms with Gasteiger partial charge >= 0.3 is 0 Å². The minimum atomic E-state index is -0.150. The van der Waals surface area contributed by atoms with E-state index in [4.69, 9.17) is 16.3 Å². The quantitative estimate of drug-likeness (QED) is 0.855. The fourth-order valence-electron chi connectivity index (χ4n) is 1.96. The third kappa shape index (κ3) is 3.81.